The lowest BCUT2D eigenvalue weighted by Crippen LogP contribution is -2.15. The molecule has 4 rings (SSSR count). The molecule has 4 aromatic rings. The van der Waals surface area contributed by atoms with Crippen molar-refractivity contribution in [2.24, 2.45) is 5.14 Å². The standard InChI is InChI=1S/C24H19F4N3O3S/c1-34-20-9-2-15(3-10-20)12-17-13-16(4-11-22(17)35(29,32)33)21-14-23(24(26,27)28)30-31(21)19-7-5-18(25)6-8-19/h2-11,13-14H,12H2,1H3,(H2,29,32,33). The SMILES string of the molecule is COc1ccc(Cc2cc(-c3cc(C(F)(F)F)nn3-c3ccc(F)cc3)ccc2S(N)(=O)=O)cc1. The number of aromatic nitrogens is 2. The lowest BCUT2D eigenvalue weighted by atomic mass is 10.0. The van der Waals surface area contributed by atoms with E-state index in [1.807, 2.05) is 0 Å². The van der Waals surface area contributed by atoms with Crippen molar-refractivity contribution >= 4 is 10.0 Å². The Kier molecular flexibility index (Phi) is 6.39. The molecular weight excluding hydrogens is 486 g/mol. The van der Waals surface area contributed by atoms with Crippen molar-refractivity contribution in [1.29, 1.82) is 0 Å². The first kappa shape index (κ1) is 24.4. The Balaban J connectivity index is 1.87. The quantitative estimate of drug-likeness (QED) is 0.376. The molecule has 1 heterocycles. The fourth-order valence-corrected chi connectivity index (χ4v) is 4.38. The van der Waals surface area contributed by atoms with Gasteiger partial charge >= 0.3 is 6.18 Å². The zero-order valence-corrected chi connectivity index (χ0v) is 19.1. The van der Waals surface area contributed by atoms with Crippen molar-refractivity contribution in [1.82, 2.24) is 9.78 Å². The summed E-state index contributed by atoms with van der Waals surface area (Å²) >= 11 is 0. The Morgan fingerprint density at radius 1 is 0.971 bits per heavy atom. The molecule has 2 N–H and O–H groups in total. The zero-order valence-electron chi connectivity index (χ0n) is 18.3. The molecule has 0 saturated carbocycles. The molecule has 1 aromatic heterocycles. The molecule has 0 radical (unpaired) electrons. The normalized spacial score (nSPS) is 12.1. The lowest BCUT2D eigenvalue weighted by Gasteiger charge is -2.13. The molecule has 0 saturated heterocycles. The maximum absolute atomic E-state index is 13.5. The summed E-state index contributed by atoms with van der Waals surface area (Å²) in [6, 6.07) is 16.6. The third kappa shape index (κ3) is 5.36. The summed E-state index contributed by atoms with van der Waals surface area (Å²) < 4.78 is 84.4. The lowest BCUT2D eigenvalue weighted by molar-refractivity contribution is -0.141. The number of halogens is 4. The molecule has 0 amide bonds. The smallest absolute Gasteiger partial charge is 0.435 e. The molecule has 0 aliphatic carbocycles. The van der Waals surface area contributed by atoms with Gasteiger partial charge in [0.1, 0.15) is 11.6 Å². The first-order valence-corrected chi connectivity index (χ1v) is 11.7. The highest BCUT2D eigenvalue weighted by molar-refractivity contribution is 7.89. The van der Waals surface area contributed by atoms with Gasteiger partial charge in [-0.1, -0.05) is 18.2 Å². The van der Waals surface area contributed by atoms with E-state index in [0.717, 1.165) is 28.4 Å². The van der Waals surface area contributed by atoms with E-state index in [4.69, 9.17) is 9.88 Å². The fraction of sp³-hybridized carbons (Fsp3) is 0.125. The van der Waals surface area contributed by atoms with Gasteiger partial charge in [-0.15, -0.1) is 0 Å². The van der Waals surface area contributed by atoms with Gasteiger partial charge in [0, 0.05) is 5.56 Å². The minimum Gasteiger partial charge on any atom is -0.497 e. The number of rotatable bonds is 6. The minimum atomic E-state index is -4.73. The maximum Gasteiger partial charge on any atom is 0.435 e. The van der Waals surface area contributed by atoms with E-state index in [1.165, 1.54) is 37.4 Å². The number of hydrogen-bond donors (Lipinski definition) is 1. The molecule has 11 heteroatoms. The average molecular weight is 505 g/mol. The van der Waals surface area contributed by atoms with Crippen molar-refractivity contribution in [3.05, 3.63) is 95.4 Å². The molecule has 0 atom stereocenters. The predicted octanol–water partition coefficient (Wildman–Crippen LogP) is 4.94. The van der Waals surface area contributed by atoms with Gasteiger partial charge in [0.15, 0.2) is 5.69 Å². The number of sulfonamides is 1. The minimum absolute atomic E-state index is 0.0425. The van der Waals surface area contributed by atoms with Crippen LogP contribution in [0.25, 0.3) is 16.9 Å². The Hall–Kier alpha value is -3.70. The van der Waals surface area contributed by atoms with E-state index < -0.39 is 27.7 Å². The highest BCUT2D eigenvalue weighted by Gasteiger charge is 2.35. The van der Waals surface area contributed by atoms with Gasteiger partial charge in [-0.2, -0.15) is 18.3 Å². The molecule has 6 nitrogen and oxygen atoms in total. The largest absolute Gasteiger partial charge is 0.497 e. The van der Waals surface area contributed by atoms with Gasteiger partial charge in [0.2, 0.25) is 10.0 Å². The number of nitrogens with two attached hydrogens (primary N) is 1. The summed E-state index contributed by atoms with van der Waals surface area (Å²) in [4.78, 5) is -0.152. The van der Waals surface area contributed by atoms with E-state index in [-0.39, 0.29) is 33.8 Å². The average Bonchev–Trinajstić information content (AvgIpc) is 3.25. The van der Waals surface area contributed by atoms with E-state index in [9.17, 15) is 26.0 Å². The van der Waals surface area contributed by atoms with Crippen molar-refractivity contribution < 1.29 is 30.7 Å². The molecule has 3 aromatic carbocycles. The van der Waals surface area contributed by atoms with Gasteiger partial charge in [0.05, 0.1) is 23.4 Å². The second-order valence-corrected chi connectivity index (χ2v) is 9.22. The number of nitrogens with zero attached hydrogens (tertiary/aromatic N) is 2. The van der Waals surface area contributed by atoms with Crippen LogP contribution in [0, 0.1) is 5.82 Å². The van der Waals surface area contributed by atoms with Crippen molar-refractivity contribution in [3.8, 4) is 22.7 Å². The second kappa shape index (κ2) is 9.16. The Bertz CT molecular complexity index is 1460. The highest BCUT2D eigenvalue weighted by Crippen LogP contribution is 2.34. The number of alkyl halides is 3. The molecule has 0 fully saturated rings. The second-order valence-electron chi connectivity index (χ2n) is 7.69. The monoisotopic (exact) mass is 505 g/mol. The van der Waals surface area contributed by atoms with Crippen LogP contribution in [0.2, 0.25) is 0 Å². The predicted molar refractivity (Wildman–Crippen MR) is 121 cm³/mol. The Labute approximate surface area is 198 Å². The molecule has 0 aliphatic heterocycles. The summed E-state index contributed by atoms with van der Waals surface area (Å²) in [5.41, 5.74) is 0.383. The molecule has 0 aliphatic rings. The van der Waals surface area contributed by atoms with Crippen LogP contribution < -0.4 is 9.88 Å². The first-order valence-electron chi connectivity index (χ1n) is 10.2. The number of methoxy groups -OCH3 is 1. The van der Waals surface area contributed by atoms with E-state index in [2.05, 4.69) is 5.10 Å². The molecule has 182 valence electrons. The molecule has 0 unspecified atom stereocenters. The van der Waals surface area contributed by atoms with E-state index >= 15 is 0 Å². The summed E-state index contributed by atoms with van der Waals surface area (Å²) in [5.74, 6) is 0.0508. The van der Waals surface area contributed by atoms with Crippen LogP contribution in [-0.4, -0.2) is 25.3 Å². The maximum atomic E-state index is 13.5. The van der Waals surface area contributed by atoms with Crippen LogP contribution in [0.15, 0.2) is 77.7 Å². The number of primary sulfonamides is 1. The summed E-state index contributed by atoms with van der Waals surface area (Å²) in [5, 5.41) is 9.07. The number of hydrogen-bond acceptors (Lipinski definition) is 4. The summed E-state index contributed by atoms with van der Waals surface area (Å²) in [6.45, 7) is 0. The molecule has 0 spiro atoms. The summed E-state index contributed by atoms with van der Waals surface area (Å²) in [6.07, 6.45) is -4.59. The van der Waals surface area contributed by atoms with Gasteiger partial charge in [-0.3, -0.25) is 0 Å². The van der Waals surface area contributed by atoms with Gasteiger partial charge < -0.3 is 4.74 Å². The van der Waals surface area contributed by atoms with Crippen molar-refractivity contribution in [2.75, 3.05) is 7.11 Å². The van der Waals surface area contributed by atoms with Crippen LogP contribution in [0.5, 0.6) is 5.75 Å². The van der Waals surface area contributed by atoms with Crippen molar-refractivity contribution in [2.45, 2.75) is 17.5 Å². The van der Waals surface area contributed by atoms with Crippen molar-refractivity contribution in [3.63, 3.8) is 0 Å². The van der Waals surface area contributed by atoms with Crippen LogP contribution in [0.3, 0.4) is 0 Å². The molecule has 35 heavy (non-hydrogen) atoms. The fourth-order valence-electron chi connectivity index (χ4n) is 3.62. The first-order chi connectivity index (χ1) is 16.5. The number of benzene rings is 3. The van der Waals surface area contributed by atoms with Gasteiger partial charge in [-0.25, -0.2) is 22.6 Å². The van der Waals surface area contributed by atoms with Crippen LogP contribution >= 0.6 is 0 Å². The zero-order chi connectivity index (χ0) is 25.4. The Morgan fingerprint density at radius 3 is 2.20 bits per heavy atom. The van der Waals surface area contributed by atoms with Crippen LogP contribution in [0.1, 0.15) is 16.8 Å². The molecular formula is C24H19F4N3O3S. The number of ether oxygens (including phenoxy) is 1. The van der Waals surface area contributed by atoms with Gasteiger partial charge in [0.25, 0.3) is 0 Å². The van der Waals surface area contributed by atoms with E-state index in [1.54, 1.807) is 24.3 Å². The van der Waals surface area contributed by atoms with Crippen LogP contribution in [0.4, 0.5) is 17.6 Å². The van der Waals surface area contributed by atoms with Crippen LogP contribution in [-0.2, 0) is 22.6 Å². The summed E-state index contributed by atoms with van der Waals surface area (Å²) in [7, 11) is -2.61. The molecule has 0 bridgehead atoms. The Morgan fingerprint density at radius 2 is 1.63 bits per heavy atom. The third-order valence-corrected chi connectivity index (χ3v) is 6.30. The third-order valence-electron chi connectivity index (χ3n) is 5.29. The van der Waals surface area contributed by atoms with Gasteiger partial charge in [-0.05, 0) is 72.1 Å². The topological polar surface area (TPSA) is 87.2 Å². The highest BCUT2D eigenvalue weighted by atomic mass is 32.2. The van der Waals surface area contributed by atoms with E-state index in [0.29, 0.717) is 5.75 Å².